The topological polar surface area (TPSA) is 69.6 Å². The monoisotopic (exact) mass is 312 g/mol. The van der Waals surface area contributed by atoms with Crippen LogP contribution in [0.25, 0.3) is 0 Å². The van der Waals surface area contributed by atoms with Crippen LogP contribution in [0.2, 0.25) is 0 Å². The van der Waals surface area contributed by atoms with Gasteiger partial charge < -0.3 is 15.3 Å². The highest BCUT2D eigenvalue weighted by Gasteiger charge is 2.30. The van der Waals surface area contributed by atoms with Crippen molar-refractivity contribution in [2.75, 3.05) is 18.0 Å². The lowest BCUT2D eigenvalue weighted by Crippen LogP contribution is -2.57. The molecule has 1 aliphatic rings. The summed E-state index contributed by atoms with van der Waals surface area (Å²) >= 11 is 3.44. The van der Waals surface area contributed by atoms with E-state index in [0.29, 0.717) is 0 Å². The second-order valence-electron chi connectivity index (χ2n) is 4.29. The predicted octanol–water partition coefficient (Wildman–Crippen LogP) is 1.15. The van der Waals surface area contributed by atoms with Crippen molar-refractivity contribution in [3.8, 4) is 0 Å². The van der Waals surface area contributed by atoms with Gasteiger partial charge in [-0.05, 0) is 40.5 Å². The van der Waals surface area contributed by atoms with Gasteiger partial charge in [-0.25, -0.2) is 4.79 Å². The van der Waals surface area contributed by atoms with Crippen LogP contribution in [0.4, 0.5) is 5.69 Å². The molecule has 1 unspecified atom stereocenters. The molecule has 0 aromatic heterocycles. The number of carbonyl (C=O) groups is 2. The molecule has 1 aromatic carbocycles. The molecule has 1 aliphatic heterocycles. The average Bonchev–Trinajstić information content (AvgIpc) is 2.27. The van der Waals surface area contributed by atoms with Crippen molar-refractivity contribution in [1.29, 1.82) is 0 Å². The third-order valence-electron chi connectivity index (χ3n) is 2.81. The Hall–Kier alpha value is -1.56. The summed E-state index contributed by atoms with van der Waals surface area (Å²) in [6.07, 6.45) is 0. The molecule has 1 atom stereocenters. The Morgan fingerprint density at radius 3 is 2.89 bits per heavy atom. The molecule has 96 valence electrons. The van der Waals surface area contributed by atoms with Crippen LogP contribution in [-0.2, 0) is 9.59 Å². The Balaban J connectivity index is 2.26. The fourth-order valence-corrected chi connectivity index (χ4v) is 2.68. The van der Waals surface area contributed by atoms with Crippen molar-refractivity contribution in [3.63, 3.8) is 0 Å². The van der Waals surface area contributed by atoms with E-state index in [9.17, 15) is 9.59 Å². The third kappa shape index (κ3) is 2.64. The molecule has 18 heavy (non-hydrogen) atoms. The molecule has 0 radical (unpaired) electrons. The zero-order valence-electron chi connectivity index (χ0n) is 9.81. The normalized spacial score (nSPS) is 19.6. The second kappa shape index (κ2) is 4.97. The van der Waals surface area contributed by atoms with Crippen LogP contribution in [0, 0.1) is 6.92 Å². The van der Waals surface area contributed by atoms with Gasteiger partial charge in [0.05, 0.1) is 12.2 Å². The zero-order valence-corrected chi connectivity index (χ0v) is 11.4. The number of nitrogens with one attached hydrogen (secondary N) is 1. The number of carbonyl (C=O) groups excluding carboxylic acids is 1. The molecule has 1 saturated heterocycles. The van der Waals surface area contributed by atoms with E-state index in [1.54, 1.807) is 4.90 Å². The van der Waals surface area contributed by atoms with E-state index >= 15 is 0 Å². The number of anilines is 1. The van der Waals surface area contributed by atoms with Gasteiger partial charge in [0.25, 0.3) is 0 Å². The maximum Gasteiger partial charge on any atom is 0.328 e. The van der Waals surface area contributed by atoms with Crippen molar-refractivity contribution < 1.29 is 14.7 Å². The predicted molar refractivity (Wildman–Crippen MR) is 70.7 cm³/mol. The highest BCUT2D eigenvalue weighted by atomic mass is 79.9. The molecule has 0 saturated carbocycles. The first-order chi connectivity index (χ1) is 8.47. The number of nitrogens with zero attached hydrogens (tertiary/aromatic N) is 1. The molecule has 2 N–H and O–H groups in total. The lowest BCUT2D eigenvalue weighted by atomic mass is 10.1. The number of benzene rings is 1. The summed E-state index contributed by atoms with van der Waals surface area (Å²) < 4.78 is 0.862. The molecule has 1 fully saturated rings. The quantitative estimate of drug-likeness (QED) is 0.859. The lowest BCUT2D eigenvalue weighted by molar-refractivity contribution is -0.142. The van der Waals surface area contributed by atoms with Gasteiger partial charge in [-0.2, -0.15) is 0 Å². The zero-order chi connectivity index (χ0) is 13.3. The van der Waals surface area contributed by atoms with Crippen LogP contribution in [0.5, 0.6) is 0 Å². The van der Waals surface area contributed by atoms with Crippen LogP contribution in [0.1, 0.15) is 5.56 Å². The number of halogens is 1. The van der Waals surface area contributed by atoms with E-state index in [2.05, 4.69) is 21.2 Å². The Morgan fingerprint density at radius 2 is 2.28 bits per heavy atom. The molecule has 2 rings (SSSR count). The SMILES string of the molecule is Cc1ccc(N2CC(=O)NC(C(=O)O)C2)c(Br)c1. The van der Waals surface area contributed by atoms with Crippen LogP contribution >= 0.6 is 15.9 Å². The first-order valence-electron chi connectivity index (χ1n) is 5.50. The lowest BCUT2D eigenvalue weighted by Gasteiger charge is -2.33. The maximum absolute atomic E-state index is 11.5. The minimum Gasteiger partial charge on any atom is -0.480 e. The van der Waals surface area contributed by atoms with Crippen molar-refractivity contribution in [2.24, 2.45) is 0 Å². The van der Waals surface area contributed by atoms with E-state index in [0.717, 1.165) is 15.7 Å². The van der Waals surface area contributed by atoms with Gasteiger partial charge in [-0.15, -0.1) is 0 Å². The first-order valence-corrected chi connectivity index (χ1v) is 6.30. The molecule has 0 spiro atoms. The van der Waals surface area contributed by atoms with Crippen molar-refractivity contribution >= 4 is 33.5 Å². The second-order valence-corrected chi connectivity index (χ2v) is 5.15. The Kier molecular flexibility index (Phi) is 3.56. The Labute approximate surface area is 113 Å². The molecular formula is C12H13BrN2O3. The Bertz CT molecular complexity index is 504. The summed E-state index contributed by atoms with van der Waals surface area (Å²) in [6, 6.07) is 4.90. The maximum atomic E-state index is 11.5. The number of aliphatic carboxylic acids is 1. The number of carboxylic acids is 1. The fraction of sp³-hybridized carbons (Fsp3) is 0.333. The van der Waals surface area contributed by atoms with Crippen LogP contribution in [-0.4, -0.2) is 36.1 Å². The molecule has 1 amide bonds. The van der Waals surface area contributed by atoms with Gasteiger partial charge in [-0.1, -0.05) is 6.07 Å². The molecule has 1 heterocycles. The number of rotatable bonds is 2. The summed E-state index contributed by atoms with van der Waals surface area (Å²) in [5, 5.41) is 11.4. The fourth-order valence-electron chi connectivity index (χ4n) is 1.94. The summed E-state index contributed by atoms with van der Waals surface area (Å²) in [5.74, 6) is -1.29. The number of carboxylic acid groups (broad SMARTS) is 1. The van der Waals surface area contributed by atoms with Gasteiger partial charge in [0.1, 0.15) is 6.04 Å². The largest absolute Gasteiger partial charge is 0.480 e. The van der Waals surface area contributed by atoms with Crippen LogP contribution in [0.3, 0.4) is 0 Å². The number of piperazine rings is 1. The minimum absolute atomic E-state index is 0.172. The van der Waals surface area contributed by atoms with Crippen LogP contribution < -0.4 is 10.2 Å². The van der Waals surface area contributed by atoms with E-state index in [4.69, 9.17) is 5.11 Å². The number of hydrogen-bond acceptors (Lipinski definition) is 3. The van der Waals surface area contributed by atoms with E-state index in [1.807, 2.05) is 25.1 Å². The minimum atomic E-state index is -1.02. The highest BCUT2D eigenvalue weighted by Crippen LogP contribution is 2.28. The molecule has 1 aromatic rings. The standard InChI is InChI=1S/C12H13BrN2O3/c1-7-2-3-10(8(13)4-7)15-5-9(12(17)18)14-11(16)6-15/h2-4,9H,5-6H2,1H3,(H,14,16)(H,17,18). The molecule has 6 heteroatoms. The van der Waals surface area contributed by atoms with Crippen molar-refractivity contribution in [1.82, 2.24) is 5.32 Å². The average molecular weight is 313 g/mol. The molecule has 5 nitrogen and oxygen atoms in total. The summed E-state index contributed by atoms with van der Waals surface area (Å²) in [6.45, 7) is 2.41. The highest BCUT2D eigenvalue weighted by molar-refractivity contribution is 9.10. The molecular weight excluding hydrogens is 300 g/mol. The van der Waals surface area contributed by atoms with Crippen molar-refractivity contribution in [2.45, 2.75) is 13.0 Å². The van der Waals surface area contributed by atoms with Crippen molar-refractivity contribution in [3.05, 3.63) is 28.2 Å². The molecule has 0 bridgehead atoms. The van der Waals surface area contributed by atoms with E-state index in [-0.39, 0.29) is 19.0 Å². The summed E-state index contributed by atoms with van der Waals surface area (Å²) in [5.41, 5.74) is 1.93. The van der Waals surface area contributed by atoms with Crippen LogP contribution in [0.15, 0.2) is 22.7 Å². The Morgan fingerprint density at radius 1 is 1.56 bits per heavy atom. The smallest absolute Gasteiger partial charge is 0.328 e. The number of hydrogen-bond donors (Lipinski definition) is 2. The van der Waals surface area contributed by atoms with Gasteiger partial charge in [0, 0.05) is 11.0 Å². The van der Waals surface area contributed by atoms with E-state index in [1.165, 1.54) is 0 Å². The van der Waals surface area contributed by atoms with E-state index < -0.39 is 12.0 Å². The number of amides is 1. The van der Waals surface area contributed by atoms with Gasteiger partial charge >= 0.3 is 5.97 Å². The molecule has 0 aliphatic carbocycles. The first kappa shape index (κ1) is 12.9. The van der Waals surface area contributed by atoms with Gasteiger partial charge in [-0.3, -0.25) is 4.79 Å². The van der Waals surface area contributed by atoms with Gasteiger partial charge in [0.15, 0.2) is 0 Å². The summed E-state index contributed by atoms with van der Waals surface area (Å²) in [7, 11) is 0. The third-order valence-corrected chi connectivity index (χ3v) is 3.45. The summed E-state index contributed by atoms with van der Waals surface area (Å²) in [4.78, 5) is 24.2. The van der Waals surface area contributed by atoms with Gasteiger partial charge in [0.2, 0.25) is 5.91 Å². The number of aryl methyl sites for hydroxylation is 1.